The predicted molar refractivity (Wildman–Crippen MR) is 101 cm³/mol. The van der Waals surface area contributed by atoms with Crippen LogP contribution in [0.3, 0.4) is 0 Å². The molecule has 0 aromatic carbocycles. The molecule has 4 heterocycles. The Hall–Kier alpha value is 0.190. The maximum absolute atomic E-state index is 6.70. The summed E-state index contributed by atoms with van der Waals surface area (Å²) in [5.74, 6) is 1.39. The molecule has 0 amide bonds. The van der Waals surface area contributed by atoms with Gasteiger partial charge in [-0.25, -0.2) is 9.78 Å². The van der Waals surface area contributed by atoms with Gasteiger partial charge in [0.1, 0.15) is 5.44 Å². The highest BCUT2D eigenvalue weighted by Gasteiger charge is 2.69. The van der Waals surface area contributed by atoms with Gasteiger partial charge >= 0.3 is 0 Å². The van der Waals surface area contributed by atoms with Crippen LogP contribution in [-0.2, 0) is 19.2 Å². The smallest absolute Gasteiger partial charge is 0.201 e. The van der Waals surface area contributed by atoms with E-state index in [1.807, 2.05) is 6.92 Å². The van der Waals surface area contributed by atoms with E-state index in [4.69, 9.17) is 19.2 Å². The largest absolute Gasteiger partial charge is 0.335 e. The van der Waals surface area contributed by atoms with E-state index in [1.54, 1.807) is 0 Å². The van der Waals surface area contributed by atoms with Gasteiger partial charge in [0, 0.05) is 17.6 Å². The zero-order valence-electron chi connectivity index (χ0n) is 16.4. The fourth-order valence-electron chi connectivity index (χ4n) is 6.42. The monoisotopic (exact) mass is 382 g/mol. The molecular formula is C21H34O4S. The molecule has 5 heteroatoms. The van der Waals surface area contributed by atoms with Gasteiger partial charge in [0.15, 0.2) is 11.9 Å². The maximum Gasteiger partial charge on any atom is 0.201 e. The first-order valence-electron chi connectivity index (χ1n) is 10.9. The van der Waals surface area contributed by atoms with E-state index >= 15 is 0 Å². The molecule has 6 aliphatic rings. The van der Waals surface area contributed by atoms with Gasteiger partial charge in [0.2, 0.25) is 5.79 Å². The second kappa shape index (κ2) is 6.62. The molecule has 1 spiro atoms. The molecular weight excluding hydrogens is 348 g/mol. The van der Waals surface area contributed by atoms with Crippen molar-refractivity contribution in [3.63, 3.8) is 0 Å². The molecule has 0 unspecified atom stereocenters. The summed E-state index contributed by atoms with van der Waals surface area (Å²) in [5, 5.41) is 0.749. The highest BCUT2D eigenvalue weighted by Crippen LogP contribution is 2.61. The lowest BCUT2D eigenvalue weighted by Crippen LogP contribution is -2.70. The summed E-state index contributed by atoms with van der Waals surface area (Å²) in [7, 11) is 0. The van der Waals surface area contributed by atoms with Gasteiger partial charge in [-0.1, -0.05) is 33.1 Å². The summed E-state index contributed by atoms with van der Waals surface area (Å²) in [4.78, 5) is 12.1. The normalized spacial score (nSPS) is 54.6. The van der Waals surface area contributed by atoms with Gasteiger partial charge in [0.25, 0.3) is 0 Å². The minimum atomic E-state index is -0.655. The summed E-state index contributed by atoms with van der Waals surface area (Å²) in [5.41, 5.74) is -0.184. The van der Waals surface area contributed by atoms with Gasteiger partial charge in [-0.05, 0) is 56.8 Å². The zero-order valence-corrected chi connectivity index (χ0v) is 17.3. The lowest BCUT2D eigenvalue weighted by atomic mass is 9.58. The van der Waals surface area contributed by atoms with Gasteiger partial charge in [-0.15, -0.1) is 11.8 Å². The van der Waals surface area contributed by atoms with E-state index in [-0.39, 0.29) is 11.7 Å². The van der Waals surface area contributed by atoms with Crippen LogP contribution in [0.4, 0.5) is 0 Å². The molecule has 4 nitrogen and oxygen atoms in total. The summed E-state index contributed by atoms with van der Waals surface area (Å²) in [6.07, 6.45) is 11.1. The van der Waals surface area contributed by atoms with Crippen LogP contribution < -0.4 is 0 Å². The molecule has 4 aliphatic heterocycles. The van der Waals surface area contributed by atoms with E-state index in [0.717, 1.165) is 18.1 Å². The van der Waals surface area contributed by atoms with Gasteiger partial charge < -0.3 is 9.47 Å². The van der Waals surface area contributed by atoms with Gasteiger partial charge in [0.05, 0.1) is 0 Å². The molecule has 0 aromatic heterocycles. The molecule has 0 radical (unpaired) electrons. The molecule has 8 atom stereocenters. The Labute approximate surface area is 162 Å². The van der Waals surface area contributed by atoms with E-state index in [9.17, 15) is 0 Å². The molecule has 26 heavy (non-hydrogen) atoms. The molecule has 148 valence electrons. The fraction of sp³-hybridized carbons (Fsp3) is 1.00. The standard InChI is InChI=1S/C21H34O4S/c1-13-9-10-17-14(2)18(26-15-7-5-4-6-8-15)22-19-21(17)16(13)11-12-20(3,23-19)24-25-21/h13-19H,4-12H2,1-3H3/t13-,14-,16+,17+,18+,19-,20-,21-/m1/s1. The van der Waals surface area contributed by atoms with Crippen molar-refractivity contribution in [3.8, 4) is 0 Å². The molecule has 0 N–H and O–H groups in total. The predicted octanol–water partition coefficient (Wildman–Crippen LogP) is 5.26. The van der Waals surface area contributed by atoms with Crippen molar-refractivity contribution in [2.24, 2.45) is 23.7 Å². The molecule has 4 saturated heterocycles. The van der Waals surface area contributed by atoms with Crippen LogP contribution in [0, 0.1) is 23.7 Å². The summed E-state index contributed by atoms with van der Waals surface area (Å²) < 4.78 is 13.2. The Balaban J connectivity index is 1.44. The topological polar surface area (TPSA) is 36.9 Å². The fourth-order valence-corrected chi connectivity index (χ4v) is 8.01. The summed E-state index contributed by atoms with van der Waals surface area (Å²) in [6, 6.07) is 0. The Kier molecular flexibility index (Phi) is 4.64. The minimum absolute atomic E-state index is 0.222. The summed E-state index contributed by atoms with van der Waals surface area (Å²) in [6.45, 7) is 6.78. The number of hydrogen-bond acceptors (Lipinski definition) is 5. The first kappa shape index (κ1) is 18.2. The highest BCUT2D eigenvalue weighted by molar-refractivity contribution is 8.00. The molecule has 2 bridgehead atoms. The number of thioether (sulfide) groups is 1. The van der Waals surface area contributed by atoms with Crippen molar-refractivity contribution < 1.29 is 19.2 Å². The van der Waals surface area contributed by atoms with Crippen LogP contribution in [0.15, 0.2) is 0 Å². The second-order valence-electron chi connectivity index (χ2n) is 9.67. The van der Waals surface area contributed by atoms with Crippen molar-refractivity contribution in [2.75, 3.05) is 0 Å². The molecule has 6 fully saturated rings. The van der Waals surface area contributed by atoms with Crippen molar-refractivity contribution in [3.05, 3.63) is 0 Å². The first-order chi connectivity index (χ1) is 12.5. The average molecular weight is 383 g/mol. The Morgan fingerprint density at radius 1 is 0.885 bits per heavy atom. The number of ether oxygens (including phenoxy) is 2. The van der Waals surface area contributed by atoms with Crippen molar-refractivity contribution in [1.29, 1.82) is 0 Å². The third-order valence-electron chi connectivity index (χ3n) is 7.98. The maximum atomic E-state index is 6.70. The van der Waals surface area contributed by atoms with Crippen molar-refractivity contribution in [1.82, 2.24) is 0 Å². The van der Waals surface area contributed by atoms with E-state index in [2.05, 4.69) is 25.6 Å². The number of fused-ring (bicyclic) bond motifs is 2. The second-order valence-corrected chi connectivity index (χ2v) is 11.1. The molecule has 0 aromatic rings. The third kappa shape index (κ3) is 2.72. The van der Waals surface area contributed by atoms with Crippen LogP contribution in [0.2, 0.25) is 0 Å². The van der Waals surface area contributed by atoms with Gasteiger partial charge in [-0.2, -0.15) is 0 Å². The molecule has 2 saturated carbocycles. The average Bonchev–Trinajstić information content (AvgIpc) is 2.86. The lowest BCUT2D eigenvalue weighted by molar-refractivity contribution is -0.568. The van der Waals surface area contributed by atoms with E-state index in [1.165, 1.54) is 44.9 Å². The lowest BCUT2D eigenvalue weighted by Gasteiger charge is -2.60. The van der Waals surface area contributed by atoms with Gasteiger partial charge in [-0.3, -0.25) is 0 Å². The van der Waals surface area contributed by atoms with Crippen LogP contribution in [-0.4, -0.2) is 28.4 Å². The van der Waals surface area contributed by atoms with Crippen LogP contribution >= 0.6 is 11.8 Å². The Morgan fingerprint density at radius 2 is 1.69 bits per heavy atom. The van der Waals surface area contributed by atoms with Crippen LogP contribution in [0.5, 0.6) is 0 Å². The third-order valence-corrected chi connectivity index (χ3v) is 9.64. The number of rotatable bonds is 2. The SMILES string of the molecule is C[C@H]1[C@H](SC2CCCCC2)O[C@@H]2O[C@@]3(C)CC[C@H]4[C@H](C)CC[C@@H]1[C@@]24OO3. The number of hydrogen-bond donors (Lipinski definition) is 0. The highest BCUT2D eigenvalue weighted by atomic mass is 32.2. The molecule has 6 rings (SSSR count). The zero-order chi connectivity index (χ0) is 17.9. The van der Waals surface area contributed by atoms with Crippen molar-refractivity contribution >= 4 is 11.8 Å². The van der Waals surface area contributed by atoms with E-state index in [0.29, 0.717) is 23.7 Å². The van der Waals surface area contributed by atoms with Crippen LogP contribution in [0.25, 0.3) is 0 Å². The Bertz CT molecular complexity index is 538. The van der Waals surface area contributed by atoms with Crippen molar-refractivity contribution in [2.45, 2.75) is 107 Å². The quantitative estimate of drug-likeness (QED) is 0.609. The van der Waals surface area contributed by atoms with E-state index < -0.39 is 11.4 Å². The first-order valence-corrected chi connectivity index (χ1v) is 11.8. The van der Waals surface area contributed by atoms with Crippen LogP contribution in [0.1, 0.15) is 78.6 Å². The summed E-state index contributed by atoms with van der Waals surface area (Å²) >= 11 is 2.08. The minimum Gasteiger partial charge on any atom is -0.335 e. The Morgan fingerprint density at radius 3 is 2.50 bits per heavy atom. The molecule has 2 aliphatic carbocycles.